The second-order valence-electron chi connectivity index (χ2n) is 13.8. The second kappa shape index (κ2) is 10.00. The molecule has 0 saturated carbocycles. The van der Waals surface area contributed by atoms with Crippen molar-refractivity contribution in [2.45, 2.75) is 117 Å². The normalized spacial score (nSPS) is 15.4. The molecule has 34 heavy (non-hydrogen) atoms. The van der Waals surface area contributed by atoms with Crippen LogP contribution in [0.3, 0.4) is 0 Å². The van der Waals surface area contributed by atoms with Crippen molar-refractivity contribution < 1.29 is 13.6 Å². The fraction of sp³-hybridized carbons (Fsp3) is 0.600. The average Bonchev–Trinajstić information content (AvgIpc) is 2.63. The quantitative estimate of drug-likeness (QED) is 0.425. The van der Waals surface area contributed by atoms with E-state index in [-0.39, 0.29) is 21.7 Å². The van der Waals surface area contributed by atoms with Crippen molar-refractivity contribution >= 4 is 8.69 Å². The number of rotatable bonds is 5. The molecule has 2 atom stereocenters. The molecule has 0 aliphatic heterocycles. The van der Waals surface area contributed by atoms with Crippen molar-refractivity contribution in [1.29, 1.82) is 0 Å². The summed E-state index contributed by atoms with van der Waals surface area (Å²) in [6, 6.07) is 13.2. The first kappa shape index (κ1) is 29.0. The molecule has 0 saturated heterocycles. The van der Waals surface area contributed by atoms with E-state index in [4.69, 9.17) is 4.52 Å². The maximum atomic E-state index is 13.9. The summed E-state index contributed by atoms with van der Waals surface area (Å²) in [5.41, 5.74) is 6.72. The molecule has 2 aromatic carbocycles. The Balaban J connectivity index is 2.67. The number of benzene rings is 2. The van der Waals surface area contributed by atoms with E-state index < -0.39 is 14.8 Å². The van der Waals surface area contributed by atoms with Crippen LogP contribution in [0.15, 0.2) is 36.4 Å². The summed E-state index contributed by atoms with van der Waals surface area (Å²) in [7, 11) is -3.00. The Hall–Kier alpha value is -1.28. The largest absolute Gasteiger partial charge is 0.372 e. The molecule has 0 bridgehead atoms. The molecule has 0 fully saturated rings. The van der Waals surface area contributed by atoms with Gasteiger partial charge in [-0.15, -0.1) is 0 Å². The molecule has 190 valence electrons. The second-order valence-corrected chi connectivity index (χ2v) is 14.5. The zero-order chi connectivity index (χ0) is 26.3. The monoisotopic (exact) mass is 488 g/mol. The Morgan fingerprint density at radius 2 is 0.971 bits per heavy atom. The van der Waals surface area contributed by atoms with Crippen LogP contribution in [0, 0.1) is 0 Å². The smallest absolute Gasteiger partial charge is 0.325 e. The lowest BCUT2D eigenvalue weighted by Gasteiger charge is -2.29. The van der Waals surface area contributed by atoms with Crippen LogP contribution in [0.5, 0.6) is 0 Å². The van der Waals surface area contributed by atoms with Gasteiger partial charge >= 0.3 is 8.69 Å². The van der Waals surface area contributed by atoms with Crippen LogP contribution < -0.4 is 0 Å². The minimum absolute atomic E-state index is 0.0123. The molecule has 0 aliphatic rings. The molecule has 1 N–H and O–H groups in total. The van der Waals surface area contributed by atoms with Crippen molar-refractivity contribution in [2.24, 2.45) is 0 Å². The third kappa shape index (κ3) is 7.87. The van der Waals surface area contributed by atoms with E-state index in [1.807, 2.05) is 0 Å². The third-order valence-corrected chi connectivity index (χ3v) is 6.85. The van der Waals surface area contributed by atoms with Crippen LogP contribution in [-0.4, -0.2) is 4.89 Å². The van der Waals surface area contributed by atoms with Crippen molar-refractivity contribution in [1.82, 2.24) is 0 Å². The fourth-order valence-electron chi connectivity index (χ4n) is 3.91. The minimum Gasteiger partial charge on any atom is -0.325 e. The van der Waals surface area contributed by atoms with Crippen LogP contribution in [0.1, 0.15) is 123 Å². The maximum Gasteiger partial charge on any atom is 0.372 e. The lowest BCUT2D eigenvalue weighted by Crippen LogP contribution is -2.19. The van der Waals surface area contributed by atoms with Gasteiger partial charge in [-0.05, 0) is 55.0 Å². The van der Waals surface area contributed by atoms with E-state index in [0.717, 1.165) is 11.1 Å². The predicted octanol–water partition coefficient (Wildman–Crippen LogP) is 9.37. The fourth-order valence-corrected chi connectivity index (χ4v) is 4.32. The van der Waals surface area contributed by atoms with Gasteiger partial charge in [0.1, 0.15) is 0 Å². The summed E-state index contributed by atoms with van der Waals surface area (Å²) < 4.78 is 19.5. The van der Waals surface area contributed by atoms with Crippen molar-refractivity contribution in [3.05, 3.63) is 69.8 Å². The lowest BCUT2D eigenvalue weighted by molar-refractivity contribution is 0.188. The van der Waals surface area contributed by atoms with Crippen molar-refractivity contribution in [2.75, 3.05) is 0 Å². The Labute approximate surface area is 209 Å². The van der Waals surface area contributed by atoms with E-state index in [2.05, 4.69) is 119 Å². The number of hydrogen-bond donors (Lipinski definition) is 1. The highest BCUT2D eigenvalue weighted by Gasteiger charge is 2.27. The van der Waals surface area contributed by atoms with E-state index in [1.165, 1.54) is 22.3 Å². The molecule has 2 aromatic rings. The van der Waals surface area contributed by atoms with Crippen LogP contribution in [-0.2, 0) is 32.6 Å². The van der Waals surface area contributed by atoms with Gasteiger partial charge in [0.2, 0.25) is 0 Å². The van der Waals surface area contributed by atoms with E-state index >= 15 is 0 Å². The molecule has 2 rings (SSSR count). The number of halogens is 1. The summed E-state index contributed by atoms with van der Waals surface area (Å²) in [6.07, 6.45) is -0.0828. The Morgan fingerprint density at radius 3 is 1.26 bits per heavy atom. The summed E-state index contributed by atoms with van der Waals surface area (Å²) in [4.78, 5) is 9.66. The van der Waals surface area contributed by atoms with Gasteiger partial charge in [-0.2, -0.15) is 4.20 Å². The number of hydrogen-bond acceptors (Lipinski definition) is 2. The summed E-state index contributed by atoms with van der Waals surface area (Å²) in [6.45, 7) is 26.4. The highest BCUT2D eigenvalue weighted by molar-refractivity contribution is 7.40. The molecule has 0 spiro atoms. The Morgan fingerprint density at radius 1 is 0.647 bits per heavy atom. The molecule has 0 radical (unpaired) electrons. The summed E-state index contributed by atoms with van der Waals surface area (Å²) in [5, 5.41) is 0. The molecule has 0 aromatic heterocycles. The minimum atomic E-state index is -3.00. The highest BCUT2D eigenvalue weighted by atomic mass is 31.2. The maximum absolute atomic E-state index is 13.9. The van der Waals surface area contributed by atoms with Gasteiger partial charge < -0.3 is 9.42 Å². The van der Waals surface area contributed by atoms with E-state index in [9.17, 15) is 9.09 Å². The average molecular weight is 489 g/mol. The van der Waals surface area contributed by atoms with Gasteiger partial charge in [-0.3, -0.25) is 0 Å². The van der Waals surface area contributed by atoms with Crippen LogP contribution in [0.2, 0.25) is 0 Å². The summed E-state index contributed by atoms with van der Waals surface area (Å²) in [5.74, 6) is 0. The van der Waals surface area contributed by atoms with Gasteiger partial charge in [0.05, 0.1) is 6.10 Å². The van der Waals surface area contributed by atoms with Crippen LogP contribution >= 0.6 is 8.69 Å². The van der Waals surface area contributed by atoms with Crippen LogP contribution in [0.4, 0.5) is 4.20 Å². The predicted molar refractivity (Wildman–Crippen MR) is 145 cm³/mol. The first-order chi connectivity index (χ1) is 15.2. The van der Waals surface area contributed by atoms with Gasteiger partial charge in [0.25, 0.3) is 0 Å². The van der Waals surface area contributed by atoms with Gasteiger partial charge in [-0.25, -0.2) is 0 Å². The van der Waals surface area contributed by atoms with Crippen molar-refractivity contribution in [3.8, 4) is 0 Å². The molecule has 0 amide bonds. The Kier molecular flexibility index (Phi) is 8.51. The van der Waals surface area contributed by atoms with Gasteiger partial charge in [0, 0.05) is 6.42 Å². The lowest BCUT2D eigenvalue weighted by atomic mass is 9.77. The first-order valence-electron chi connectivity index (χ1n) is 12.3. The van der Waals surface area contributed by atoms with E-state index in [1.54, 1.807) is 0 Å². The third-order valence-electron chi connectivity index (χ3n) is 6.42. The zero-order valence-corrected chi connectivity index (χ0v) is 24.3. The highest BCUT2D eigenvalue weighted by Crippen LogP contribution is 2.43. The van der Waals surface area contributed by atoms with E-state index in [0.29, 0.717) is 6.42 Å². The molecule has 0 heterocycles. The SMILES string of the molecule is CC(C)(C)c1cc(CC(OP(O)F)c2cc(C(C)(C)C)cc(C(C)(C)C)c2)cc(C(C)(C)C)c1. The Bertz CT molecular complexity index is 918. The molecule has 2 nitrogen and oxygen atoms in total. The van der Waals surface area contributed by atoms with Crippen LogP contribution in [0.25, 0.3) is 0 Å². The topological polar surface area (TPSA) is 29.5 Å². The summed E-state index contributed by atoms with van der Waals surface area (Å²) >= 11 is 0. The molecule has 2 unspecified atom stereocenters. The van der Waals surface area contributed by atoms with Crippen molar-refractivity contribution in [3.63, 3.8) is 0 Å². The van der Waals surface area contributed by atoms with Gasteiger partial charge in [0.15, 0.2) is 0 Å². The molecule has 0 aliphatic carbocycles. The molecule has 4 heteroatoms. The molecular formula is C30H46FO2P. The molecular weight excluding hydrogens is 442 g/mol. The zero-order valence-electron chi connectivity index (χ0n) is 23.4. The standard InChI is InChI=1S/C30H46FO2P/c1-27(2,3)22-13-20(14-23(18-22)28(4,5)6)15-26(33-34(31)32)21-16-24(29(7,8)9)19-25(17-21)30(10,11)12/h13-14,16-19,26,32H,15H2,1-12H3. The van der Waals surface area contributed by atoms with Gasteiger partial charge in [-0.1, -0.05) is 119 Å². The first-order valence-corrected chi connectivity index (χ1v) is 13.4.